The van der Waals surface area contributed by atoms with E-state index in [9.17, 15) is 9.59 Å². The number of thiazole rings is 1. The predicted octanol–water partition coefficient (Wildman–Crippen LogP) is 3.06. The van der Waals surface area contributed by atoms with Crippen LogP contribution in [0.4, 0.5) is 5.13 Å². The number of Topliss-reactive ketones (excluding diaryl/α,β-unsaturated/α-hetero) is 1. The van der Waals surface area contributed by atoms with E-state index in [-0.39, 0.29) is 18.5 Å². The highest BCUT2D eigenvalue weighted by Crippen LogP contribution is 2.51. The maximum Gasteiger partial charge on any atom is 0.236 e. The van der Waals surface area contributed by atoms with Gasteiger partial charge in [0.25, 0.3) is 0 Å². The van der Waals surface area contributed by atoms with Gasteiger partial charge in [0.1, 0.15) is 0 Å². The number of nitrogens with one attached hydrogen (secondary N) is 1. The molecular weight excluding hydrogens is 340 g/mol. The van der Waals surface area contributed by atoms with Crippen LogP contribution in [0.3, 0.4) is 0 Å². The number of amides is 1. The number of carbonyl (C=O) groups is 2. The van der Waals surface area contributed by atoms with E-state index in [0.29, 0.717) is 27.9 Å². The van der Waals surface area contributed by atoms with E-state index in [4.69, 9.17) is 9.47 Å². The topological polar surface area (TPSA) is 77.5 Å². The normalized spacial score (nSPS) is 19.4. The lowest BCUT2D eigenvalue weighted by Crippen LogP contribution is -2.27. The summed E-state index contributed by atoms with van der Waals surface area (Å²) in [7, 11) is 0. The van der Waals surface area contributed by atoms with Crippen molar-refractivity contribution in [3.8, 4) is 11.5 Å². The van der Waals surface area contributed by atoms with Crippen LogP contribution in [0.1, 0.15) is 46.6 Å². The molecule has 7 heteroatoms. The van der Waals surface area contributed by atoms with Gasteiger partial charge in [0, 0.05) is 6.42 Å². The van der Waals surface area contributed by atoms with E-state index in [1.807, 2.05) is 18.2 Å². The fourth-order valence-electron chi connectivity index (χ4n) is 3.51. The summed E-state index contributed by atoms with van der Waals surface area (Å²) in [5.41, 5.74) is 1.23. The number of ether oxygens (including phenoxy) is 2. The van der Waals surface area contributed by atoms with Crippen LogP contribution in [0.25, 0.3) is 0 Å². The molecule has 5 rings (SSSR count). The molecule has 0 unspecified atom stereocenters. The number of carbonyl (C=O) groups excluding carboxylic acids is 2. The molecule has 1 fully saturated rings. The van der Waals surface area contributed by atoms with Crippen LogP contribution < -0.4 is 14.8 Å². The number of fused-ring (bicyclic) bond motifs is 2. The number of ketones is 1. The molecule has 0 radical (unpaired) electrons. The van der Waals surface area contributed by atoms with Crippen LogP contribution in [-0.4, -0.2) is 23.5 Å². The quantitative estimate of drug-likeness (QED) is 0.914. The fourth-order valence-corrected chi connectivity index (χ4v) is 4.48. The molecule has 0 spiro atoms. The van der Waals surface area contributed by atoms with Crippen molar-refractivity contribution in [3.05, 3.63) is 34.3 Å². The van der Waals surface area contributed by atoms with Crippen molar-refractivity contribution in [3.63, 3.8) is 0 Å². The standard InChI is InChI=1S/C18H16N2O4S/c21-12-3-1-2-11-15(12)25-17(19-11)20-16(22)18(6-7-18)10-4-5-13-14(8-10)24-9-23-13/h4-5,8H,1-3,6-7,9H2,(H,19,20,22). The molecule has 0 atom stereocenters. The van der Waals surface area contributed by atoms with Crippen molar-refractivity contribution in [2.24, 2.45) is 0 Å². The number of hydrogen-bond donors (Lipinski definition) is 1. The maximum atomic E-state index is 12.9. The number of aromatic nitrogens is 1. The van der Waals surface area contributed by atoms with Crippen molar-refractivity contribution in [2.75, 3.05) is 12.1 Å². The zero-order chi connectivity index (χ0) is 17.0. The summed E-state index contributed by atoms with van der Waals surface area (Å²) in [6, 6.07) is 5.67. The number of aryl methyl sites for hydroxylation is 1. The van der Waals surface area contributed by atoms with Gasteiger partial charge >= 0.3 is 0 Å². The van der Waals surface area contributed by atoms with Crippen molar-refractivity contribution in [1.82, 2.24) is 4.98 Å². The number of nitrogens with zero attached hydrogens (tertiary/aromatic N) is 1. The van der Waals surface area contributed by atoms with E-state index in [0.717, 1.165) is 36.9 Å². The summed E-state index contributed by atoms with van der Waals surface area (Å²) in [4.78, 5) is 30.0. The van der Waals surface area contributed by atoms with Crippen LogP contribution in [0.2, 0.25) is 0 Å². The van der Waals surface area contributed by atoms with E-state index in [1.54, 1.807) is 0 Å². The summed E-state index contributed by atoms with van der Waals surface area (Å²) in [5.74, 6) is 1.47. The minimum absolute atomic E-state index is 0.0649. The lowest BCUT2D eigenvalue weighted by Gasteiger charge is -2.15. The second kappa shape index (κ2) is 5.29. The number of hydrogen-bond acceptors (Lipinski definition) is 6. The van der Waals surface area contributed by atoms with Crippen molar-refractivity contribution < 1.29 is 19.1 Å². The molecular formula is C18H16N2O4S. The summed E-state index contributed by atoms with van der Waals surface area (Å²) in [5, 5.41) is 3.46. The van der Waals surface area contributed by atoms with Crippen LogP contribution >= 0.6 is 11.3 Å². The molecule has 0 bridgehead atoms. The molecule has 0 saturated heterocycles. The Morgan fingerprint density at radius 2 is 2.04 bits per heavy atom. The van der Waals surface area contributed by atoms with Crippen molar-refractivity contribution in [1.29, 1.82) is 0 Å². The molecule has 2 aromatic rings. The van der Waals surface area contributed by atoms with E-state index < -0.39 is 5.41 Å². The van der Waals surface area contributed by atoms with Gasteiger partial charge < -0.3 is 14.8 Å². The van der Waals surface area contributed by atoms with Gasteiger partial charge in [-0.15, -0.1) is 0 Å². The second-order valence-corrected chi connectivity index (χ2v) is 7.67. The first kappa shape index (κ1) is 14.9. The largest absolute Gasteiger partial charge is 0.454 e. The molecule has 2 aliphatic carbocycles. The molecule has 1 aromatic carbocycles. The minimum atomic E-state index is -0.531. The summed E-state index contributed by atoms with van der Waals surface area (Å²) < 4.78 is 10.8. The Morgan fingerprint density at radius 1 is 1.20 bits per heavy atom. The SMILES string of the molecule is O=C1CCCc2nc(NC(=O)C3(c4ccc5c(c4)OCO5)CC3)sc21. The van der Waals surface area contributed by atoms with Gasteiger partial charge in [-0.1, -0.05) is 17.4 Å². The Kier molecular flexibility index (Phi) is 3.15. The first-order chi connectivity index (χ1) is 12.2. The van der Waals surface area contributed by atoms with Gasteiger partial charge in [0.2, 0.25) is 12.7 Å². The number of rotatable bonds is 3. The molecule has 2 heterocycles. The zero-order valence-corrected chi connectivity index (χ0v) is 14.3. The van der Waals surface area contributed by atoms with Crippen molar-refractivity contribution >= 4 is 28.2 Å². The zero-order valence-electron chi connectivity index (χ0n) is 13.5. The number of benzene rings is 1. The lowest BCUT2D eigenvalue weighted by atomic mass is 9.94. The van der Waals surface area contributed by atoms with Gasteiger partial charge in [0.15, 0.2) is 22.4 Å². The van der Waals surface area contributed by atoms with Gasteiger partial charge in [-0.3, -0.25) is 9.59 Å². The van der Waals surface area contributed by atoms with Gasteiger partial charge in [-0.2, -0.15) is 0 Å². The highest BCUT2D eigenvalue weighted by atomic mass is 32.1. The highest BCUT2D eigenvalue weighted by Gasteiger charge is 2.52. The van der Waals surface area contributed by atoms with Crippen LogP contribution in [0.15, 0.2) is 18.2 Å². The molecule has 25 heavy (non-hydrogen) atoms. The Balaban J connectivity index is 1.40. The Hall–Kier alpha value is -2.41. The van der Waals surface area contributed by atoms with Crippen molar-refractivity contribution in [2.45, 2.75) is 37.5 Å². The third kappa shape index (κ3) is 2.33. The van der Waals surface area contributed by atoms with Crippen LogP contribution in [0, 0.1) is 0 Å². The molecule has 128 valence electrons. The Labute approximate surface area is 148 Å². The molecule has 1 aromatic heterocycles. The predicted molar refractivity (Wildman–Crippen MR) is 91.5 cm³/mol. The summed E-state index contributed by atoms with van der Waals surface area (Å²) >= 11 is 1.29. The third-order valence-electron chi connectivity index (χ3n) is 5.10. The molecule has 1 aliphatic heterocycles. The third-order valence-corrected chi connectivity index (χ3v) is 6.15. The van der Waals surface area contributed by atoms with Gasteiger partial charge in [0.05, 0.1) is 16.0 Å². The van der Waals surface area contributed by atoms with Gasteiger partial charge in [-0.25, -0.2) is 4.98 Å². The van der Waals surface area contributed by atoms with Crippen LogP contribution in [0.5, 0.6) is 11.5 Å². The smallest absolute Gasteiger partial charge is 0.236 e. The molecule has 3 aliphatic rings. The van der Waals surface area contributed by atoms with E-state index >= 15 is 0 Å². The van der Waals surface area contributed by atoms with E-state index in [2.05, 4.69) is 10.3 Å². The average Bonchev–Trinajstić information content (AvgIpc) is 3.10. The molecule has 1 amide bonds. The first-order valence-electron chi connectivity index (χ1n) is 8.40. The first-order valence-corrected chi connectivity index (χ1v) is 9.22. The summed E-state index contributed by atoms with van der Waals surface area (Å²) in [6.07, 6.45) is 3.81. The fraction of sp³-hybridized carbons (Fsp3) is 0.389. The van der Waals surface area contributed by atoms with Crippen LogP contribution in [-0.2, 0) is 16.6 Å². The van der Waals surface area contributed by atoms with Gasteiger partial charge in [-0.05, 0) is 43.4 Å². The molecule has 1 saturated carbocycles. The lowest BCUT2D eigenvalue weighted by molar-refractivity contribution is -0.118. The summed E-state index contributed by atoms with van der Waals surface area (Å²) in [6.45, 7) is 0.219. The van der Waals surface area contributed by atoms with E-state index in [1.165, 1.54) is 11.3 Å². The number of anilines is 1. The Morgan fingerprint density at radius 3 is 2.84 bits per heavy atom. The minimum Gasteiger partial charge on any atom is -0.454 e. The average molecular weight is 356 g/mol. The highest BCUT2D eigenvalue weighted by molar-refractivity contribution is 7.17. The molecule has 6 nitrogen and oxygen atoms in total. The maximum absolute atomic E-state index is 12.9. The second-order valence-electron chi connectivity index (χ2n) is 6.68. The monoisotopic (exact) mass is 356 g/mol. The molecule has 1 N–H and O–H groups in total. The Bertz CT molecular complexity index is 900.